The number of anilines is 1. The first-order valence-electron chi connectivity index (χ1n) is 5.22. The summed E-state index contributed by atoms with van der Waals surface area (Å²) in [6, 6.07) is 1.07. The Morgan fingerprint density at radius 2 is 2.33 bits per heavy atom. The molecule has 1 aromatic rings. The Morgan fingerprint density at radius 1 is 1.61 bits per heavy atom. The standard InChI is InChI=1S/C10H11N5O2S/c1-5-10(17)13-7(16)4-15(5)9-6(8(11)18)2-3-12-14-9/h2-3,5H,4H2,1H3,(H2,11,18)(H,13,16,17). The lowest BCUT2D eigenvalue weighted by Crippen LogP contribution is -2.57. The molecule has 18 heavy (non-hydrogen) atoms. The zero-order valence-electron chi connectivity index (χ0n) is 9.58. The molecule has 1 aliphatic heterocycles. The fraction of sp³-hybridized carbons (Fsp3) is 0.300. The Bertz CT molecular complexity index is 533. The van der Waals surface area contributed by atoms with E-state index in [9.17, 15) is 9.59 Å². The van der Waals surface area contributed by atoms with Gasteiger partial charge in [-0.3, -0.25) is 14.9 Å². The average Bonchev–Trinajstić information content (AvgIpc) is 2.33. The van der Waals surface area contributed by atoms with Gasteiger partial charge in [0.15, 0.2) is 5.82 Å². The maximum Gasteiger partial charge on any atom is 0.249 e. The third-order valence-electron chi connectivity index (χ3n) is 2.66. The summed E-state index contributed by atoms with van der Waals surface area (Å²) >= 11 is 4.91. The first-order valence-corrected chi connectivity index (χ1v) is 5.63. The Balaban J connectivity index is 2.44. The number of hydrogen-bond acceptors (Lipinski definition) is 6. The molecule has 1 aliphatic rings. The molecule has 8 heteroatoms. The molecule has 0 saturated carbocycles. The third-order valence-corrected chi connectivity index (χ3v) is 2.88. The van der Waals surface area contributed by atoms with Crippen LogP contribution in [-0.4, -0.2) is 39.6 Å². The molecule has 1 aromatic heterocycles. The summed E-state index contributed by atoms with van der Waals surface area (Å²) in [6.07, 6.45) is 1.45. The van der Waals surface area contributed by atoms with Crippen LogP contribution in [0, 0.1) is 0 Å². The van der Waals surface area contributed by atoms with Crippen molar-refractivity contribution in [3.05, 3.63) is 17.8 Å². The first-order chi connectivity index (χ1) is 8.50. The topological polar surface area (TPSA) is 101 Å². The second kappa shape index (κ2) is 4.65. The lowest BCUT2D eigenvalue weighted by atomic mass is 10.1. The van der Waals surface area contributed by atoms with Crippen LogP contribution in [0.2, 0.25) is 0 Å². The molecule has 1 fully saturated rings. The highest BCUT2D eigenvalue weighted by Crippen LogP contribution is 2.20. The molecule has 2 rings (SSSR count). The van der Waals surface area contributed by atoms with Crippen molar-refractivity contribution in [3.63, 3.8) is 0 Å². The molecule has 0 bridgehead atoms. The molecule has 0 radical (unpaired) electrons. The maximum absolute atomic E-state index is 11.6. The van der Waals surface area contributed by atoms with E-state index in [2.05, 4.69) is 15.5 Å². The summed E-state index contributed by atoms with van der Waals surface area (Å²) in [7, 11) is 0. The molecular formula is C10H11N5O2S. The molecule has 0 aliphatic carbocycles. The SMILES string of the molecule is CC1C(=O)NC(=O)CN1c1nnccc1C(N)=S. The van der Waals surface area contributed by atoms with Crippen LogP contribution < -0.4 is 16.0 Å². The van der Waals surface area contributed by atoms with Gasteiger partial charge in [-0.2, -0.15) is 5.10 Å². The first kappa shape index (κ1) is 12.4. The van der Waals surface area contributed by atoms with Gasteiger partial charge in [-0.25, -0.2) is 0 Å². The van der Waals surface area contributed by atoms with Gasteiger partial charge in [0, 0.05) is 0 Å². The Hall–Kier alpha value is -2.09. The van der Waals surface area contributed by atoms with Crippen molar-refractivity contribution in [2.75, 3.05) is 11.4 Å². The Morgan fingerprint density at radius 3 is 3.00 bits per heavy atom. The minimum Gasteiger partial charge on any atom is -0.389 e. The predicted octanol–water partition coefficient (Wildman–Crippen LogP) is -1.04. The second-order valence-corrected chi connectivity index (χ2v) is 4.29. The number of nitrogens with zero attached hydrogens (tertiary/aromatic N) is 3. The van der Waals surface area contributed by atoms with Crippen molar-refractivity contribution in [2.45, 2.75) is 13.0 Å². The van der Waals surface area contributed by atoms with Crippen LogP contribution in [0.3, 0.4) is 0 Å². The summed E-state index contributed by atoms with van der Waals surface area (Å²) < 4.78 is 0. The zero-order valence-corrected chi connectivity index (χ0v) is 10.4. The number of aromatic nitrogens is 2. The molecule has 94 valence electrons. The van der Waals surface area contributed by atoms with Gasteiger partial charge >= 0.3 is 0 Å². The number of carbonyl (C=O) groups is 2. The van der Waals surface area contributed by atoms with Crippen molar-refractivity contribution in [1.82, 2.24) is 15.5 Å². The normalized spacial score (nSPS) is 19.6. The van der Waals surface area contributed by atoms with Gasteiger partial charge < -0.3 is 10.6 Å². The molecule has 7 nitrogen and oxygen atoms in total. The molecule has 0 spiro atoms. The van der Waals surface area contributed by atoms with Crippen LogP contribution in [0.1, 0.15) is 12.5 Å². The van der Waals surface area contributed by atoms with E-state index in [-0.39, 0.29) is 17.4 Å². The number of thiocarbonyl (C=S) groups is 1. The summed E-state index contributed by atoms with van der Waals surface area (Å²) in [5.41, 5.74) is 6.08. The van der Waals surface area contributed by atoms with Crippen molar-refractivity contribution in [1.29, 1.82) is 0 Å². The van der Waals surface area contributed by atoms with Crippen molar-refractivity contribution in [3.8, 4) is 0 Å². The van der Waals surface area contributed by atoms with Gasteiger partial charge in [0.05, 0.1) is 18.3 Å². The largest absolute Gasteiger partial charge is 0.389 e. The third kappa shape index (κ3) is 2.14. The summed E-state index contributed by atoms with van der Waals surface area (Å²) in [6.45, 7) is 1.68. The van der Waals surface area contributed by atoms with E-state index in [4.69, 9.17) is 18.0 Å². The second-order valence-electron chi connectivity index (χ2n) is 3.85. The van der Waals surface area contributed by atoms with Crippen LogP contribution in [-0.2, 0) is 9.59 Å². The van der Waals surface area contributed by atoms with E-state index in [1.165, 1.54) is 11.1 Å². The van der Waals surface area contributed by atoms with Crippen molar-refractivity contribution < 1.29 is 9.59 Å². The number of hydrogen-bond donors (Lipinski definition) is 2. The van der Waals surface area contributed by atoms with E-state index in [1.807, 2.05) is 0 Å². The van der Waals surface area contributed by atoms with E-state index >= 15 is 0 Å². The number of nitrogens with two attached hydrogens (primary N) is 1. The minimum absolute atomic E-state index is 0.0151. The van der Waals surface area contributed by atoms with Crippen LogP contribution in [0.15, 0.2) is 12.3 Å². The van der Waals surface area contributed by atoms with Crippen molar-refractivity contribution in [2.24, 2.45) is 5.73 Å². The minimum atomic E-state index is -0.535. The van der Waals surface area contributed by atoms with Crippen LogP contribution in [0.25, 0.3) is 0 Å². The molecule has 1 unspecified atom stereocenters. The van der Waals surface area contributed by atoms with E-state index in [1.54, 1.807) is 13.0 Å². The van der Waals surface area contributed by atoms with E-state index < -0.39 is 11.9 Å². The maximum atomic E-state index is 11.6. The monoisotopic (exact) mass is 265 g/mol. The van der Waals surface area contributed by atoms with Crippen LogP contribution in [0.5, 0.6) is 0 Å². The molecular weight excluding hydrogens is 254 g/mol. The van der Waals surface area contributed by atoms with Crippen molar-refractivity contribution >= 4 is 34.8 Å². The van der Waals surface area contributed by atoms with Gasteiger partial charge in [-0.05, 0) is 13.0 Å². The molecule has 1 atom stereocenters. The number of amides is 2. The Labute approximate surface area is 108 Å². The molecule has 2 heterocycles. The lowest BCUT2D eigenvalue weighted by molar-refractivity contribution is -0.132. The lowest BCUT2D eigenvalue weighted by Gasteiger charge is -2.33. The fourth-order valence-electron chi connectivity index (χ4n) is 1.70. The smallest absolute Gasteiger partial charge is 0.249 e. The molecule has 0 aromatic carbocycles. The zero-order chi connectivity index (χ0) is 13.3. The van der Waals surface area contributed by atoms with Gasteiger partial charge in [-0.1, -0.05) is 12.2 Å². The highest BCUT2D eigenvalue weighted by molar-refractivity contribution is 7.80. The fourth-order valence-corrected chi connectivity index (χ4v) is 1.86. The number of nitrogens with one attached hydrogen (secondary N) is 1. The van der Waals surface area contributed by atoms with Gasteiger partial charge in [0.25, 0.3) is 0 Å². The average molecular weight is 265 g/mol. The van der Waals surface area contributed by atoms with Gasteiger partial charge in [0.2, 0.25) is 11.8 Å². The quantitative estimate of drug-likeness (QED) is 0.520. The number of imide groups is 1. The summed E-state index contributed by atoms with van der Waals surface area (Å²) in [4.78, 5) is 24.7. The Kier molecular flexibility index (Phi) is 3.19. The number of piperazine rings is 1. The molecule has 1 saturated heterocycles. The van der Waals surface area contributed by atoms with E-state index in [0.29, 0.717) is 11.4 Å². The highest BCUT2D eigenvalue weighted by atomic mass is 32.1. The van der Waals surface area contributed by atoms with Gasteiger partial charge in [0.1, 0.15) is 11.0 Å². The highest BCUT2D eigenvalue weighted by Gasteiger charge is 2.32. The predicted molar refractivity (Wildman–Crippen MR) is 67.9 cm³/mol. The summed E-state index contributed by atoms with van der Waals surface area (Å²) in [5.74, 6) is -0.427. The molecule has 2 amide bonds. The number of carbonyl (C=O) groups excluding carboxylic acids is 2. The van der Waals surface area contributed by atoms with Crippen LogP contribution in [0.4, 0.5) is 5.82 Å². The molecule has 3 N–H and O–H groups in total. The summed E-state index contributed by atoms with van der Waals surface area (Å²) in [5, 5.41) is 9.90. The number of rotatable bonds is 2. The van der Waals surface area contributed by atoms with Gasteiger partial charge in [-0.15, -0.1) is 5.10 Å². The van der Waals surface area contributed by atoms with E-state index in [0.717, 1.165) is 0 Å². The van der Waals surface area contributed by atoms with Crippen LogP contribution >= 0.6 is 12.2 Å².